The van der Waals surface area contributed by atoms with Crippen LogP contribution >= 0.6 is 11.6 Å². The summed E-state index contributed by atoms with van der Waals surface area (Å²) in [5.74, 6) is 1.55. The van der Waals surface area contributed by atoms with E-state index in [9.17, 15) is 5.11 Å². The van der Waals surface area contributed by atoms with E-state index < -0.39 is 0 Å². The minimum absolute atomic E-state index is 0.238. The molecule has 2 aromatic rings. The largest absolute Gasteiger partial charge is 0.391 e. The molecule has 3 rings (SSSR count). The maximum atomic E-state index is 10.1. The van der Waals surface area contributed by atoms with Crippen LogP contribution in [0.2, 0.25) is 5.02 Å². The summed E-state index contributed by atoms with van der Waals surface area (Å²) in [5.41, 5.74) is 0.957. The van der Waals surface area contributed by atoms with E-state index >= 15 is 0 Å². The summed E-state index contributed by atoms with van der Waals surface area (Å²) in [6, 6.07) is 4.03. The molecule has 0 aliphatic carbocycles. The summed E-state index contributed by atoms with van der Waals surface area (Å²) in [5, 5.41) is 13.9. The van der Waals surface area contributed by atoms with Crippen LogP contribution in [0.3, 0.4) is 0 Å². The summed E-state index contributed by atoms with van der Waals surface area (Å²) >= 11 is 6.13. The molecule has 2 aromatic heterocycles. The number of rotatable bonds is 6. The molecule has 0 radical (unpaired) electrons. The third-order valence-corrected chi connectivity index (χ3v) is 4.57. The monoisotopic (exact) mass is 362 g/mol. The summed E-state index contributed by atoms with van der Waals surface area (Å²) < 4.78 is 0. The average molecular weight is 363 g/mol. The highest BCUT2D eigenvalue weighted by molar-refractivity contribution is 6.31. The molecule has 1 saturated heterocycles. The van der Waals surface area contributed by atoms with Crippen molar-refractivity contribution < 1.29 is 5.11 Å². The number of pyridine rings is 1. The van der Waals surface area contributed by atoms with E-state index in [0.29, 0.717) is 18.1 Å². The highest BCUT2D eigenvalue weighted by Gasteiger charge is 2.32. The molecule has 2 N–H and O–H groups in total. The molecule has 7 nitrogen and oxygen atoms in total. The Kier molecular flexibility index (Phi) is 5.67. The molecular weight excluding hydrogens is 340 g/mol. The third kappa shape index (κ3) is 4.56. The quantitative estimate of drug-likeness (QED) is 0.808. The van der Waals surface area contributed by atoms with E-state index in [2.05, 4.69) is 30.1 Å². The fourth-order valence-electron chi connectivity index (χ4n) is 3.10. The molecule has 134 valence electrons. The maximum absolute atomic E-state index is 10.1. The first kappa shape index (κ1) is 17.8. The smallest absolute Gasteiger partial charge is 0.134 e. The van der Waals surface area contributed by atoms with Gasteiger partial charge in [-0.25, -0.2) is 9.97 Å². The van der Waals surface area contributed by atoms with Gasteiger partial charge in [-0.2, -0.15) is 0 Å². The Balaban J connectivity index is 1.71. The van der Waals surface area contributed by atoms with Gasteiger partial charge in [0.2, 0.25) is 0 Å². The highest BCUT2D eigenvalue weighted by Crippen LogP contribution is 2.26. The number of nitrogens with zero attached hydrogens (tertiary/aromatic N) is 5. The number of β-amino-alcohol motifs (C(OH)–C–C–N with tert-alkyl or cyclic N) is 1. The Bertz CT molecular complexity index is 713. The molecule has 0 unspecified atom stereocenters. The standard InChI is InChI=1S/C17H23ClN6O/c1-23(2)9-13-5-14(25)10-24(13)17-6-16(21-11-22-17)20-7-12-3-4-19-8-15(12)18/h3-4,6,8,11,13-14,25H,5,7,9-10H2,1-2H3,(H,20,21,22)/t13-,14-/m1/s1. The molecule has 0 amide bonds. The number of nitrogens with one attached hydrogen (secondary N) is 1. The zero-order valence-corrected chi connectivity index (χ0v) is 15.2. The van der Waals surface area contributed by atoms with Crippen LogP contribution in [0.15, 0.2) is 30.9 Å². The second kappa shape index (κ2) is 7.95. The van der Waals surface area contributed by atoms with Crippen molar-refractivity contribution in [3.63, 3.8) is 0 Å². The van der Waals surface area contributed by atoms with Crippen molar-refractivity contribution in [1.82, 2.24) is 19.9 Å². The summed E-state index contributed by atoms with van der Waals surface area (Å²) in [7, 11) is 4.07. The lowest BCUT2D eigenvalue weighted by atomic mass is 10.2. The van der Waals surface area contributed by atoms with E-state index in [-0.39, 0.29) is 12.1 Å². The van der Waals surface area contributed by atoms with Gasteiger partial charge in [-0.15, -0.1) is 0 Å². The molecule has 8 heteroatoms. The number of anilines is 2. The molecule has 2 atom stereocenters. The maximum Gasteiger partial charge on any atom is 0.134 e. The minimum Gasteiger partial charge on any atom is -0.391 e. The SMILES string of the molecule is CN(C)C[C@H]1C[C@@H](O)CN1c1cc(NCc2ccncc2Cl)ncn1. The van der Waals surface area contributed by atoms with Gasteiger partial charge in [0.25, 0.3) is 0 Å². The van der Waals surface area contributed by atoms with Crippen molar-refractivity contribution >= 4 is 23.2 Å². The second-order valence-corrected chi connectivity index (χ2v) is 6.95. The fraction of sp³-hybridized carbons (Fsp3) is 0.471. The number of hydrogen-bond acceptors (Lipinski definition) is 7. The Morgan fingerprint density at radius 2 is 2.24 bits per heavy atom. The number of hydrogen-bond donors (Lipinski definition) is 2. The Morgan fingerprint density at radius 1 is 1.40 bits per heavy atom. The van der Waals surface area contributed by atoms with Gasteiger partial charge >= 0.3 is 0 Å². The molecule has 1 aliphatic rings. The predicted octanol–water partition coefficient (Wildman–Crippen LogP) is 1.64. The van der Waals surface area contributed by atoms with E-state index in [0.717, 1.165) is 30.2 Å². The van der Waals surface area contributed by atoms with Crippen LogP contribution < -0.4 is 10.2 Å². The lowest BCUT2D eigenvalue weighted by Gasteiger charge is -2.27. The molecule has 1 fully saturated rings. The van der Waals surface area contributed by atoms with E-state index in [4.69, 9.17) is 11.6 Å². The van der Waals surface area contributed by atoms with Crippen molar-refractivity contribution in [2.45, 2.75) is 25.1 Å². The van der Waals surface area contributed by atoms with Gasteiger partial charge in [0.1, 0.15) is 18.0 Å². The zero-order valence-electron chi connectivity index (χ0n) is 14.4. The number of aliphatic hydroxyl groups excluding tert-OH is 1. The van der Waals surface area contributed by atoms with Gasteiger partial charge in [-0.1, -0.05) is 11.6 Å². The van der Waals surface area contributed by atoms with Crippen molar-refractivity contribution in [2.75, 3.05) is 37.4 Å². The average Bonchev–Trinajstić information content (AvgIpc) is 2.94. The van der Waals surface area contributed by atoms with Crippen molar-refractivity contribution in [3.05, 3.63) is 41.4 Å². The van der Waals surface area contributed by atoms with Crippen LogP contribution in [0.25, 0.3) is 0 Å². The number of halogens is 1. The van der Waals surface area contributed by atoms with Gasteiger partial charge in [-0.3, -0.25) is 4.98 Å². The number of likely N-dealkylation sites (N-methyl/N-ethyl adjacent to an activating group) is 1. The number of aliphatic hydroxyl groups is 1. The highest BCUT2D eigenvalue weighted by atomic mass is 35.5. The van der Waals surface area contributed by atoms with Crippen LogP contribution in [0.5, 0.6) is 0 Å². The lowest BCUT2D eigenvalue weighted by Crippen LogP contribution is -2.38. The molecule has 0 aromatic carbocycles. The Labute approximate surface area is 152 Å². The van der Waals surface area contributed by atoms with Gasteiger partial charge < -0.3 is 20.2 Å². The van der Waals surface area contributed by atoms with Crippen LogP contribution in [-0.4, -0.2) is 64.3 Å². The molecule has 1 aliphatic heterocycles. The molecule has 3 heterocycles. The molecule has 25 heavy (non-hydrogen) atoms. The van der Waals surface area contributed by atoms with Crippen molar-refractivity contribution in [2.24, 2.45) is 0 Å². The van der Waals surface area contributed by atoms with Gasteiger partial charge in [0, 0.05) is 44.1 Å². The normalized spacial score (nSPS) is 20.3. The zero-order chi connectivity index (χ0) is 17.8. The fourth-order valence-corrected chi connectivity index (χ4v) is 3.29. The van der Waals surface area contributed by atoms with E-state index in [1.54, 1.807) is 18.7 Å². The molecule has 0 saturated carbocycles. The molecular formula is C17H23ClN6O. The first-order chi connectivity index (χ1) is 12.0. The molecule has 0 bridgehead atoms. The summed E-state index contributed by atoms with van der Waals surface area (Å²) in [4.78, 5) is 16.9. The van der Waals surface area contributed by atoms with E-state index in [1.807, 2.05) is 26.2 Å². The first-order valence-electron chi connectivity index (χ1n) is 8.26. The van der Waals surface area contributed by atoms with Crippen LogP contribution in [0.4, 0.5) is 11.6 Å². The van der Waals surface area contributed by atoms with E-state index in [1.165, 1.54) is 0 Å². The van der Waals surface area contributed by atoms with Crippen LogP contribution in [0, 0.1) is 0 Å². The second-order valence-electron chi connectivity index (χ2n) is 6.54. The topological polar surface area (TPSA) is 77.4 Å². The minimum atomic E-state index is -0.327. The summed E-state index contributed by atoms with van der Waals surface area (Å²) in [6.45, 7) is 2.02. The lowest BCUT2D eigenvalue weighted by molar-refractivity contribution is 0.191. The van der Waals surface area contributed by atoms with Crippen LogP contribution in [0.1, 0.15) is 12.0 Å². The third-order valence-electron chi connectivity index (χ3n) is 4.23. The van der Waals surface area contributed by atoms with Gasteiger partial charge in [-0.05, 0) is 32.1 Å². The number of aromatic nitrogens is 3. The predicted molar refractivity (Wildman–Crippen MR) is 98.9 cm³/mol. The van der Waals surface area contributed by atoms with Crippen molar-refractivity contribution in [3.8, 4) is 0 Å². The summed E-state index contributed by atoms with van der Waals surface area (Å²) in [6.07, 6.45) is 5.31. The van der Waals surface area contributed by atoms with Crippen LogP contribution in [-0.2, 0) is 6.54 Å². The first-order valence-corrected chi connectivity index (χ1v) is 8.64. The van der Waals surface area contributed by atoms with Crippen molar-refractivity contribution in [1.29, 1.82) is 0 Å². The Morgan fingerprint density at radius 3 is 3.00 bits per heavy atom. The Hall–Kier alpha value is -1.96. The molecule has 0 spiro atoms. The van der Waals surface area contributed by atoms with Gasteiger partial charge in [0.15, 0.2) is 0 Å². The van der Waals surface area contributed by atoms with Gasteiger partial charge in [0.05, 0.1) is 11.1 Å².